The van der Waals surface area contributed by atoms with Crippen LogP contribution in [-0.2, 0) is 39.5 Å². The Labute approximate surface area is 165 Å². The lowest BCUT2D eigenvalue weighted by Crippen LogP contribution is -2.17. The van der Waals surface area contributed by atoms with Crippen molar-refractivity contribution in [2.24, 2.45) is 0 Å². The molecule has 28 heavy (non-hydrogen) atoms. The summed E-state index contributed by atoms with van der Waals surface area (Å²) in [6, 6.07) is 0. The Morgan fingerprint density at radius 2 is 1.43 bits per heavy atom. The average Bonchev–Trinajstić information content (AvgIpc) is 2.63. The Balaban J connectivity index is 0.00000129. The smallest absolute Gasteiger partial charge is 0.311 e. The lowest BCUT2D eigenvalue weighted by molar-refractivity contribution is -0.789. The molecule has 0 aromatic heterocycles. The van der Waals surface area contributed by atoms with Gasteiger partial charge in [0, 0.05) is 21.5 Å². The van der Waals surface area contributed by atoms with Gasteiger partial charge in [0.15, 0.2) is 0 Å². The highest BCUT2D eigenvalue weighted by atomic mass is 31.2. The van der Waals surface area contributed by atoms with Crippen molar-refractivity contribution in [3.05, 3.63) is 12.3 Å². The number of unbranched alkanes of at least 4 members (excludes halogenated alkanes) is 5. The van der Waals surface area contributed by atoms with Gasteiger partial charge in [-0.1, -0.05) is 64.9 Å². The summed E-state index contributed by atoms with van der Waals surface area (Å²) < 4.78 is 8.88. The molecule has 0 spiro atoms. The molecular formula is C16H33O11P. The second-order valence-corrected chi connectivity index (χ2v) is 7.38. The summed E-state index contributed by atoms with van der Waals surface area (Å²) in [5.41, 5.74) is 0. The van der Waals surface area contributed by atoms with Crippen LogP contribution in [0.2, 0.25) is 0 Å². The lowest BCUT2D eigenvalue weighted by atomic mass is 9.98. The van der Waals surface area contributed by atoms with E-state index in [0.717, 1.165) is 38.5 Å². The van der Waals surface area contributed by atoms with Crippen LogP contribution in [0.25, 0.3) is 0 Å². The third-order valence-corrected chi connectivity index (χ3v) is 3.80. The molecule has 0 unspecified atom stereocenters. The van der Waals surface area contributed by atoms with Gasteiger partial charge in [-0.05, 0) is 29.3 Å². The zero-order valence-corrected chi connectivity index (χ0v) is 17.2. The summed E-state index contributed by atoms with van der Waals surface area (Å²) in [5.74, 6) is 0.462. The molecular weight excluding hydrogens is 399 g/mol. The first-order valence-corrected chi connectivity index (χ1v) is 11.0. The fourth-order valence-corrected chi connectivity index (χ4v) is 2.47. The maximum atomic E-state index is 8.88. The van der Waals surface area contributed by atoms with Crippen molar-refractivity contribution in [3.8, 4) is 0 Å². The van der Waals surface area contributed by atoms with E-state index in [4.69, 9.17) is 29.0 Å². The molecule has 11 nitrogen and oxygen atoms in total. The Hall–Kier alpha value is -0.590. The van der Waals surface area contributed by atoms with Crippen LogP contribution in [0.3, 0.4) is 0 Å². The van der Waals surface area contributed by atoms with Crippen LogP contribution >= 0.6 is 7.82 Å². The molecule has 0 atom stereocenters. The van der Waals surface area contributed by atoms with Crippen LogP contribution in [-0.4, -0.2) is 20.8 Å². The van der Waals surface area contributed by atoms with E-state index in [2.05, 4.69) is 38.7 Å². The van der Waals surface area contributed by atoms with Crippen molar-refractivity contribution >= 4 is 7.82 Å². The van der Waals surface area contributed by atoms with E-state index in [1.807, 2.05) is 0 Å². The van der Waals surface area contributed by atoms with Gasteiger partial charge in [0.05, 0.1) is 6.10 Å². The van der Waals surface area contributed by atoms with Crippen LogP contribution < -0.4 is 0 Å². The molecule has 0 radical (unpaired) electrons. The van der Waals surface area contributed by atoms with E-state index in [-0.39, 0.29) is 6.10 Å². The summed E-state index contributed by atoms with van der Waals surface area (Å²) in [4.78, 5) is 31.3. The lowest BCUT2D eigenvalue weighted by Gasteiger charge is -2.18. The third kappa shape index (κ3) is 23.4. The molecule has 0 amide bonds. The van der Waals surface area contributed by atoms with Crippen molar-refractivity contribution < 1.29 is 54.2 Å². The Bertz CT molecular complexity index is 401. The molecule has 1 saturated carbocycles. The first-order valence-electron chi connectivity index (χ1n) is 9.45. The Morgan fingerprint density at radius 3 is 2.07 bits per heavy atom. The number of hydrogen-bond donors (Lipinski definition) is 3. The summed E-state index contributed by atoms with van der Waals surface area (Å²) in [6.45, 7) is 5.90. The van der Waals surface area contributed by atoms with Crippen LogP contribution in [0.15, 0.2) is 12.3 Å². The molecule has 1 rings (SSSR count). The fourth-order valence-electron chi connectivity index (χ4n) is 2.47. The van der Waals surface area contributed by atoms with Gasteiger partial charge >= 0.3 is 7.82 Å². The minimum Gasteiger partial charge on any atom is -0.311 e. The van der Waals surface area contributed by atoms with Gasteiger partial charge in [0.1, 0.15) is 5.76 Å². The van der Waals surface area contributed by atoms with E-state index >= 15 is 0 Å². The molecule has 0 aliphatic heterocycles. The van der Waals surface area contributed by atoms with Crippen molar-refractivity contribution in [2.45, 2.75) is 90.1 Å². The molecule has 0 bridgehead atoms. The minimum atomic E-state index is -4.64. The van der Waals surface area contributed by atoms with Crippen molar-refractivity contribution in [2.75, 3.05) is 0 Å². The number of hydrogen-bond acceptors (Lipinski definition) is 8. The van der Waals surface area contributed by atoms with E-state index in [9.17, 15) is 0 Å². The highest BCUT2D eigenvalue weighted by molar-refractivity contribution is 7.45. The van der Waals surface area contributed by atoms with Crippen LogP contribution in [0, 0.1) is 0 Å². The maximum Gasteiger partial charge on any atom is 0.466 e. The molecule has 0 aromatic carbocycles. The number of rotatable bonds is 15. The quantitative estimate of drug-likeness (QED) is 0.112. The summed E-state index contributed by atoms with van der Waals surface area (Å²) in [5, 5.41) is 21.1. The summed E-state index contributed by atoms with van der Waals surface area (Å²) in [7, 11) is -4.64. The largest absolute Gasteiger partial charge is 0.466 e. The maximum absolute atomic E-state index is 8.88. The van der Waals surface area contributed by atoms with E-state index in [1.54, 1.807) is 0 Å². The summed E-state index contributed by atoms with van der Waals surface area (Å²) in [6.07, 6.45) is 13.3. The van der Waals surface area contributed by atoms with Crippen molar-refractivity contribution in [3.63, 3.8) is 0 Å². The molecule has 0 saturated heterocycles. The summed E-state index contributed by atoms with van der Waals surface area (Å²) >= 11 is 0. The SMILES string of the molecule is C=C(CCCCCCCC)OOOOOOOC1CCCCC1.O=P(O)(O)O. The van der Waals surface area contributed by atoms with Gasteiger partial charge in [-0.15, -0.1) is 0 Å². The normalized spacial score (nSPS) is 15.0. The van der Waals surface area contributed by atoms with Gasteiger partial charge < -0.3 is 19.6 Å². The standard InChI is InChI=1S/C16H30O7.H3O4P/c1-3-4-5-6-7-9-12-15(2)17-19-21-23-22-20-18-16-13-10-8-11-14-16;1-5(2,3)4/h16H,2-14H2,1H3;(H3,1,2,3,4). The topological polar surface area (TPSA) is 142 Å². The van der Waals surface area contributed by atoms with Crippen LogP contribution in [0.4, 0.5) is 0 Å². The molecule has 168 valence electrons. The third-order valence-electron chi connectivity index (χ3n) is 3.80. The monoisotopic (exact) mass is 432 g/mol. The van der Waals surface area contributed by atoms with Crippen molar-refractivity contribution in [1.82, 2.24) is 0 Å². The highest BCUT2D eigenvalue weighted by Gasteiger charge is 2.15. The Kier molecular flexibility index (Phi) is 18.1. The zero-order valence-electron chi connectivity index (χ0n) is 16.3. The van der Waals surface area contributed by atoms with Crippen LogP contribution in [0.1, 0.15) is 84.0 Å². The van der Waals surface area contributed by atoms with Gasteiger partial charge in [0.25, 0.3) is 0 Å². The van der Waals surface area contributed by atoms with Gasteiger partial charge in [0.2, 0.25) is 0 Å². The first kappa shape index (κ1) is 27.4. The zero-order chi connectivity index (χ0) is 21.1. The van der Waals surface area contributed by atoms with Crippen LogP contribution in [0.5, 0.6) is 0 Å². The molecule has 0 heterocycles. The van der Waals surface area contributed by atoms with E-state index < -0.39 is 7.82 Å². The minimum absolute atomic E-state index is 0.0293. The molecule has 1 fully saturated rings. The second-order valence-electron chi connectivity index (χ2n) is 6.35. The number of phosphoric acid groups is 1. The average molecular weight is 432 g/mol. The van der Waals surface area contributed by atoms with E-state index in [1.165, 1.54) is 32.1 Å². The van der Waals surface area contributed by atoms with Gasteiger partial charge in [-0.25, -0.2) is 9.45 Å². The van der Waals surface area contributed by atoms with Gasteiger partial charge in [-0.2, -0.15) is 0 Å². The molecule has 1 aliphatic carbocycles. The molecule has 3 N–H and O–H groups in total. The van der Waals surface area contributed by atoms with E-state index in [0.29, 0.717) is 12.2 Å². The predicted octanol–water partition coefficient (Wildman–Crippen LogP) is 4.26. The van der Waals surface area contributed by atoms with Gasteiger partial charge in [-0.3, -0.25) is 0 Å². The first-order chi connectivity index (χ1) is 13.3. The highest BCUT2D eigenvalue weighted by Crippen LogP contribution is 2.25. The Morgan fingerprint density at radius 1 is 0.893 bits per heavy atom. The van der Waals surface area contributed by atoms with Crippen molar-refractivity contribution in [1.29, 1.82) is 0 Å². The molecule has 1 aliphatic rings. The second kappa shape index (κ2) is 18.4. The molecule has 0 aromatic rings. The molecule has 12 heteroatoms. The fraction of sp³-hybridized carbons (Fsp3) is 0.875. The predicted molar refractivity (Wildman–Crippen MR) is 95.9 cm³/mol. The number of allylic oxidation sites excluding steroid dienone is 1.